The zero-order chi connectivity index (χ0) is 10.9. The highest BCUT2D eigenvalue weighted by Crippen LogP contribution is 2.36. The maximum absolute atomic E-state index is 9.51. The van der Waals surface area contributed by atoms with Crippen LogP contribution in [0.25, 0.3) is 0 Å². The summed E-state index contributed by atoms with van der Waals surface area (Å²) < 4.78 is 5.01. The molecule has 1 aromatic carbocycles. The lowest BCUT2D eigenvalue weighted by Crippen LogP contribution is -2.28. The fraction of sp³-hybridized carbons (Fsp3) is 0.400. The van der Waals surface area contributed by atoms with Gasteiger partial charge >= 0.3 is 0 Å². The van der Waals surface area contributed by atoms with Crippen LogP contribution in [0.15, 0.2) is 12.1 Å². The fourth-order valence-electron chi connectivity index (χ4n) is 1.10. The summed E-state index contributed by atoms with van der Waals surface area (Å²) in [6.07, 6.45) is 0. The Hall–Kier alpha value is -0.930. The van der Waals surface area contributed by atoms with Gasteiger partial charge in [0.05, 0.1) is 7.11 Å². The van der Waals surface area contributed by atoms with Crippen LogP contribution >= 0.6 is 11.6 Å². The topological polar surface area (TPSA) is 55.5 Å². The van der Waals surface area contributed by atoms with Crippen molar-refractivity contribution in [3.05, 3.63) is 22.7 Å². The average molecular weight is 216 g/mol. The van der Waals surface area contributed by atoms with Crippen LogP contribution in [0.4, 0.5) is 0 Å². The summed E-state index contributed by atoms with van der Waals surface area (Å²) in [6.45, 7) is 3.68. The van der Waals surface area contributed by atoms with E-state index in [1.165, 1.54) is 7.11 Å². The first-order valence-electron chi connectivity index (χ1n) is 4.22. The first kappa shape index (κ1) is 11.1. The van der Waals surface area contributed by atoms with Gasteiger partial charge in [0, 0.05) is 5.54 Å². The van der Waals surface area contributed by atoms with E-state index in [-0.39, 0.29) is 10.8 Å². The fourth-order valence-corrected chi connectivity index (χ4v) is 1.29. The molecule has 0 atom stereocenters. The Morgan fingerprint density at radius 3 is 2.43 bits per heavy atom. The molecule has 0 bridgehead atoms. The van der Waals surface area contributed by atoms with E-state index < -0.39 is 5.54 Å². The third-order valence-corrected chi connectivity index (χ3v) is 2.36. The molecule has 0 saturated heterocycles. The Morgan fingerprint density at radius 1 is 1.43 bits per heavy atom. The summed E-state index contributed by atoms with van der Waals surface area (Å²) in [5.74, 6) is 0.416. The van der Waals surface area contributed by atoms with Gasteiger partial charge in [0.1, 0.15) is 16.5 Å². The molecular formula is C10H14ClNO2. The minimum atomic E-state index is -0.532. The van der Waals surface area contributed by atoms with Gasteiger partial charge in [-0.3, -0.25) is 0 Å². The van der Waals surface area contributed by atoms with Gasteiger partial charge in [0.25, 0.3) is 0 Å². The number of aromatic hydroxyl groups is 1. The molecular weight excluding hydrogens is 202 g/mol. The predicted octanol–water partition coefficient (Wildman–Crippen LogP) is 2.25. The van der Waals surface area contributed by atoms with Crippen molar-refractivity contribution in [2.45, 2.75) is 19.4 Å². The van der Waals surface area contributed by atoms with Crippen LogP contribution in [0, 0.1) is 0 Å². The molecule has 1 aromatic rings. The van der Waals surface area contributed by atoms with Crippen molar-refractivity contribution >= 4 is 11.6 Å². The SMILES string of the molecule is COc1cc(C(C)(C)N)cc(O)c1Cl. The molecule has 0 aliphatic carbocycles. The standard InChI is InChI=1S/C10H14ClNO2/c1-10(2,12)6-4-7(13)9(11)8(5-6)14-3/h4-5,13H,12H2,1-3H3. The van der Waals surface area contributed by atoms with Crippen LogP contribution in [0.1, 0.15) is 19.4 Å². The Labute approximate surface area is 88.4 Å². The molecule has 3 nitrogen and oxygen atoms in total. The Balaban J connectivity index is 3.30. The van der Waals surface area contributed by atoms with Crippen LogP contribution in [-0.2, 0) is 5.54 Å². The molecule has 78 valence electrons. The quantitative estimate of drug-likeness (QED) is 0.796. The maximum atomic E-state index is 9.51. The Kier molecular flexibility index (Phi) is 2.92. The average Bonchev–Trinajstić information content (AvgIpc) is 2.07. The molecule has 0 aromatic heterocycles. The van der Waals surface area contributed by atoms with Crippen molar-refractivity contribution in [1.29, 1.82) is 0 Å². The Bertz CT molecular complexity index is 345. The number of rotatable bonds is 2. The van der Waals surface area contributed by atoms with Crippen LogP contribution in [0.3, 0.4) is 0 Å². The van der Waals surface area contributed by atoms with E-state index in [2.05, 4.69) is 0 Å². The predicted molar refractivity (Wildman–Crippen MR) is 56.9 cm³/mol. The number of halogens is 1. The molecule has 0 unspecified atom stereocenters. The van der Waals surface area contributed by atoms with E-state index in [1.807, 2.05) is 13.8 Å². The number of benzene rings is 1. The number of nitrogens with two attached hydrogens (primary N) is 1. The molecule has 0 aliphatic heterocycles. The molecule has 0 saturated carbocycles. The highest BCUT2D eigenvalue weighted by atomic mass is 35.5. The second-order valence-corrected chi connectivity index (χ2v) is 4.11. The number of hydrogen-bond acceptors (Lipinski definition) is 3. The molecule has 1 rings (SSSR count). The van der Waals surface area contributed by atoms with Crippen molar-refractivity contribution in [2.75, 3.05) is 7.11 Å². The van der Waals surface area contributed by atoms with Crippen LogP contribution in [0.2, 0.25) is 5.02 Å². The maximum Gasteiger partial charge on any atom is 0.141 e. The molecule has 14 heavy (non-hydrogen) atoms. The first-order valence-corrected chi connectivity index (χ1v) is 4.60. The number of hydrogen-bond donors (Lipinski definition) is 2. The van der Waals surface area contributed by atoms with E-state index in [4.69, 9.17) is 22.1 Å². The van der Waals surface area contributed by atoms with Crippen molar-refractivity contribution in [3.8, 4) is 11.5 Å². The third-order valence-electron chi connectivity index (χ3n) is 1.98. The van der Waals surface area contributed by atoms with E-state index >= 15 is 0 Å². The highest BCUT2D eigenvalue weighted by Gasteiger charge is 2.18. The largest absolute Gasteiger partial charge is 0.506 e. The van der Waals surface area contributed by atoms with Crippen molar-refractivity contribution in [1.82, 2.24) is 0 Å². The van der Waals surface area contributed by atoms with Gasteiger partial charge in [-0.25, -0.2) is 0 Å². The van der Waals surface area contributed by atoms with E-state index in [0.717, 1.165) is 5.56 Å². The van der Waals surface area contributed by atoms with Crippen LogP contribution in [0.5, 0.6) is 11.5 Å². The monoisotopic (exact) mass is 215 g/mol. The van der Waals surface area contributed by atoms with Crippen molar-refractivity contribution in [2.24, 2.45) is 5.73 Å². The lowest BCUT2D eigenvalue weighted by Gasteiger charge is -2.20. The molecule has 0 fully saturated rings. The molecule has 0 spiro atoms. The van der Waals surface area contributed by atoms with Gasteiger partial charge < -0.3 is 15.6 Å². The molecule has 0 aliphatic rings. The lowest BCUT2D eigenvalue weighted by atomic mass is 9.95. The second-order valence-electron chi connectivity index (χ2n) is 3.73. The number of methoxy groups -OCH3 is 1. The summed E-state index contributed by atoms with van der Waals surface area (Å²) in [6, 6.07) is 3.27. The van der Waals surface area contributed by atoms with E-state index in [9.17, 15) is 5.11 Å². The zero-order valence-corrected chi connectivity index (χ0v) is 9.22. The van der Waals surface area contributed by atoms with E-state index in [1.54, 1.807) is 12.1 Å². The van der Waals surface area contributed by atoms with Crippen molar-refractivity contribution in [3.63, 3.8) is 0 Å². The molecule has 4 heteroatoms. The van der Waals surface area contributed by atoms with Gasteiger partial charge in [-0.1, -0.05) is 11.6 Å². The van der Waals surface area contributed by atoms with Crippen LogP contribution in [-0.4, -0.2) is 12.2 Å². The normalized spacial score (nSPS) is 11.5. The van der Waals surface area contributed by atoms with E-state index in [0.29, 0.717) is 5.75 Å². The minimum Gasteiger partial charge on any atom is -0.506 e. The third kappa shape index (κ3) is 2.11. The highest BCUT2D eigenvalue weighted by molar-refractivity contribution is 6.33. The van der Waals surface area contributed by atoms with Gasteiger partial charge in [0.15, 0.2) is 0 Å². The smallest absolute Gasteiger partial charge is 0.141 e. The second kappa shape index (κ2) is 3.67. The van der Waals surface area contributed by atoms with Gasteiger partial charge in [-0.2, -0.15) is 0 Å². The van der Waals surface area contributed by atoms with Crippen LogP contribution < -0.4 is 10.5 Å². The molecule has 0 radical (unpaired) electrons. The molecule has 0 heterocycles. The Morgan fingerprint density at radius 2 is 2.00 bits per heavy atom. The van der Waals surface area contributed by atoms with Gasteiger partial charge in [-0.05, 0) is 31.5 Å². The minimum absolute atomic E-state index is 0.0143. The van der Waals surface area contributed by atoms with Gasteiger partial charge in [0.2, 0.25) is 0 Å². The van der Waals surface area contributed by atoms with Gasteiger partial charge in [-0.15, -0.1) is 0 Å². The number of phenolic OH excluding ortho intramolecular Hbond substituents is 1. The number of ether oxygens (including phenoxy) is 1. The molecule has 0 amide bonds. The number of phenols is 1. The van der Waals surface area contributed by atoms with Crippen molar-refractivity contribution < 1.29 is 9.84 Å². The summed E-state index contributed by atoms with van der Waals surface area (Å²) in [7, 11) is 1.49. The molecule has 3 N–H and O–H groups in total. The first-order chi connectivity index (χ1) is 6.36. The zero-order valence-electron chi connectivity index (χ0n) is 8.47. The summed E-state index contributed by atoms with van der Waals surface area (Å²) in [5, 5.41) is 9.72. The summed E-state index contributed by atoms with van der Waals surface area (Å²) >= 11 is 5.80. The lowest BCUT2D eigenvalue weighted by molar-refractivity contribution is 0.404. The summed E-state index contributed by atoms with van der Waals surface area (Å²) in [4.78, 5) is 0. The summed E-state index contributed by atoms with van der Waals surface area (Å²) in [5.41, 5.74) is 6.13.